The van der Waals surface area contributed by atoms with Crippen molar-refractivity contribution in [3.63, 3.8) is 0 Å². The van der Waals surface area contributed by atoms with E-state index in [1.165, 1.54) is 12.1 Å². The predicted molar refractivity (Wildman–Crippen MR) is 70.4 cm³/mol. The monoisotopic (exact) mass is 296 g/mol. The summed E-state index contributed by atoms with van der Waals surface area (Å²) in [6.45, 7) is -0.904. The van der Waals surface area contributed by atoms with Crippen LogP contribution in [-0.2, 0) is 6.42 Å². The van der Waals surface area contributed by atoms with Crippen LogP contribution in [0.3, 0.4) is 0 Å². The van der Waals surface area contributed by atoms with E-state index in [0.717, 1.165) is 0 Å². The molecule has 1 aromatic heterocycles. The quantitative estimate of drug-likeness (QED) is 0.889. The summed E-state index contributed by atoms with van der Waals surface area (Å²) < 4.78 is 33.8. The third-order valence-electron chi connectivity index (χ3n) is 2.72. The maximum Gasteiger partial charge on any atom is 0.387 e. The number of alkyl halides is 2. The van der Waals surface area contributed by atoms with Gasteiger partial charge in [0.1, 0.15) is 5.75 Å². The minimum atomic E-state index is -2.88. The van der Waals surface area contributed by atoms with E-state index in [2.05, 4.69) is 15.2 Å². The molecule has 0 aliphatic heterocycles. The fourth-order valence-electron chi connectivity index (χ4n) is 1.79. The number of rotatable bonds is 6. The number of aromatic nitrogens is 1. The van der Waals surface area contributed by atoms with Gasteiger partial charge in [0, 0.05) is 12.6 Å². The van der Waals surface area contributed by atoms with Gasteiger partial charge in [0.25, 0.3) is 5.91 Å². The highest BCUT2D eigenvalue weighted by Crippen LogP contribution is 2.20. The maximum atomic E-state index is 12.3. The second kappa shape index (κ2) is 6.83. The number of benzene rings is 1. The van der Waals surface area contributed by atoms with Crippen molar-refractivity contribution < 1.29 is 22.8 Å². The molecule has 0 atom stereocenters. The van der Waals surface area contributed by atoms with Crippen molar-refractivity contribution in [2.45, 2.75) is 20.0 Å². The molecule has 0 unspecified atom stereocenters. The fraction of sp³-hybridized carbons (Fsp3) is 0.286. The molecule has 21 heavy (non-hydrogen) atoms. The number of halogens is 2. The molecule has 0 aliphatic rings. The molecule has 0 spiro atoms. The minimum Gasteiger partial charge on any atom is -0.435 e. The Morgan fingerprint density at radius 1 is 1.43 bits per heavy atom. The molecule has 2 aromatic rings. The summed E-state index contributed by atoms with van der Waals surface area (Å²) in [5, 5.41) is 6.24. The Bertz CT molecular complexity index is 614. The number of carbonyl (C=O) groups excluding carboxylic acids is 1. The van der Waals surface area contributed by atoms with Crippen molar-refractivity contribution >= 4 is 5.91 Å². The van der Waals surface area contributed by atoms with Crippen molar-refractivity contribution in [2.75, 3.05) is 6.54 Å². The molecule has 2 rings (SSSR count). The zero-order chi connectivity index (χ0) is 15.2. The maximum absolute atomic E-state index is 12.3. The highest BCUT2D eigenvalue weighted by molar-refractivity contribution is 5.91. The Kier molecular flexibility index (Phi) is 4.86. The number of para-hydroxylation sites is 1. The molecule has 1 N–H and O–H groups in total. The van der Waals surface area contributed by atoms with Crippen LogP contribution < -0.4 is 10.1 Å². The molecule has 0 saturated heterocycles. The van der Waals surface area contributed by atoms with E-state index in [4.69, 9.17) is 4.52 Å². The van der Waals surface area contributed by atoms with Gasteiger partial charge in [0.2, 0.25) is 5.76 Å². The number of carbonyl (C=O) groups is 1. The lowest BCUT2D eigenvalue weighted by molar-refractivity contribution is -0.0504. The van der Waals surface area contributed by atoms with Crippen LogP contribution >= 0.6 is 0 Å². The molecular weight excluding hydrogens is 282 g/mol. The van der Waals surface area contributed by atoms with Crippen LogP contribution in [0.15, 0.2) is 34.9 Å². The van der Waals surface area contributed by atoms with Gasteiger partial charge in [-0.25, -0.2) is 0 Å². The van der Waals surface area contributed by atoms with E-state index in [-0.39, 0.29) is 18.1 Å². The summed E-state index contributed by atoms with van der Waals surface area (Å²) in [5.74, 6) is -0.176. The Morgan fingerprint density at radius 2 is 2.19 bits per heavy atom. The largest absolute Gasteiger partial charge is 0.435 e. The number of hydrogen-bond acceptors (Lipinski definition) is 4. The van der Waals surface area contributed by atoms with Gasteiger partial charge in [-0.15, -0.1) is 0 Å². The fourth-order valence-corrected chi connectivity index (χ4v) is 1.79. The third-order valence-corrected chi connectivity index (χ3v) is 2.72. The first kappa shape index (κ1) is 15.0. The lowest BCUT2D eigenvalue weighted by atomic mass is 10.1. The summed E-state index contributed by atoms with van der Waals surface area (Å²) in [5.41, 5.74) is 1.20. The molecule has 0 aliphatic carbocycles. The number of nitrogens with zero attached hydrogens (tertiary/aromatic N) is 1. The summed E-state index contributed by atoms with van der Waals surface area (Å²) in [6, 6.07) is 7.97. The smallest absolute Gasteiger partial charge is 0.387 e. The average Bonchev–Trinajstić information content (AvgIpc) is 2.87. The average molecular weight is 296 g/mol. The Balaban J connectivity index is 1.90. The summed E-state index contributed by atoms with van der Waals surface area (Å²) in [6.07, 6.45) is 0.363. The lowest BCUT2D eigenvalue weighted by Gasteiger charge is -2.10. The van der Waals surface area contributed by atoms with Gasteiger partial charge in [0.15, 0.2) is 0 Å². The summed E-state index contributed by atoms with van der Waals surface area (Å²) >= 11 is 0. The first-order valence-electron chi connectivity index (χ1n) is 6.30. The van der Waals surface area contributed by atoms with Crippen LogP contribution in [0.1, 0.15) is 21.8 Å². The topological polar surface area (TPSA) is 64.4 Å². The van der Waals surface area contributed by atoms with E-state index < -0.39 is 12.5 Å². The summed E-state index contributed by atoms with van der Waals surface area (Å²) in [7, 11) is 0. The van der Waals surface area contributed by atoms with Gasteiger partial charge in [-0.05, 0) is 25.0 Å². The van der Waals surface area contributed by atoms with Crippen molar-refractivity contribution in [3.05, 3.63) is 47.3 Å². The van der Waals surface area contributed by atoms with Crippen molar-refractivity contribution in [1.82, 2.24) is 10.5 Å². The molecule has 0 fully saturated rings. The highest BCUT2D eigenvalue weighted by Gasteiger charge is 2.12. The second-order valence-corrected chi connectivity index (χ2v) is 4.32. The zero-order valence-electron chi connectivity index (χ0n) is 11.3. The van der Waals surface area contributed by atoms with E-state index in [1.807, 2.05) is 0 Å². The van der Waals surface area contributed by atoms with E-state index in [0.29, 0.717) is 17.7 Å². The van der Waals surface area contributed by atoms with Gasteiger partial charge >= 0.3 is 6.61 Å². The standard InChI is InChI=1S/C14H14F2N2O3/c1-9-8-12(21-18-9)13(19)17-7-6-10-4-2-3-5-11(10)20-14(15)16/h2-5,8,14H,6-7H2,1H3,(H,17,19). The van der Waals surface area contributed by atoms with Crippen LogP contribution in [-0.4, -0.2) is 24.2 Å². The normalized spacial score (nSPS) is 10.7. The minimum absolute atomic E-state index is 0.109. The molecule has 7 heteroatoms. The number of aryl methyl sites for hydroxylation is 1. The van der Waals surface area contributed by atoms with Gasteiger partial charge in [-0.1, -0.05) is 23.4 Å². The molecule has 1 heterocycles. The van der Waals surface area contributed by atoms with Crippen LogP contribution in [0.2, 0.25) is 0 Å². The van der Waals surface area contributed by atoms with E-state index in [1.54, 1.807) is 25.1 Å². The predicted octanol–water partition coefficient (Wildman–Crippen LogP) is 2.56. The van der Waals surface area contributed by atoms with Gasteiger partial charge in [-0.3, -0.25) is 4.79 Å². The Morgan fingerprint density at radius 3 is 2.86 bits per heavy atom. The first-order chi connectivity index (χ1) is 10.1. The number of amides is 1. The lowest BCUT2D eigenvalue weighted by Crippen LogP contribution is -2.25. The van der Waals surface area contributed by atoms with E-state index in [9.17, 15) is 13.6 Å². The van der Waals surface area contributed by atoms with Crippen molar-refractivity contribution in [2.24, 2.45) is 0 Å². The number of nitrogens with one attached hydrogen (secondary N) is 1. The van der Waals surface area contributed by atoms with Gasteiger partial charge in [-0.2, -0.15) is 8.78 Å². The molecule has 0 radical (unpaired) electrons. The molecule has 1 amide bonds. The third kappa shape index (κ3) is 4.27. The zero-order valence-corrected chi connectivity index (χ0v) is 11.3. The molecule has 112 valence electrons. The number of ether oxygens (including phenoxy) is 1. The highest BCUT2D eigenvalue weighted by atomic mass is 19.3. The summed E-state index contributed by atoms with van der Waals surface area (Å²) in [4.78, 5) is 11.7. The van der Waals surface area contributed by atoms with E-state index >= 15 is 0 Å². The second-order valence-electron chi connectivity index (χ2n) is 4.32. The molecular formula is C14H14F2N2O3. The van der Waals surface area contributed by atoms with Crippen LogP contribution in [0, 0.1) is 6.92 Å². The molecule has 5 nitrogen and oxygen atoms in total. The van der Waals surface area contributed by atoms with Gasteiger partial charge < -0.3 is 14.6 Å². The molecule has 0 bridgehead atoms. The number of hydrogen-bond donors (Lipinski definition) is 1. The van der Waals surface area contributed by atoms with Crippen molar-refractivity contribution in [3.8, 4) is 5.75 Å². The van der Waals surface area contributed by atoms with Crippen LogP contribution in [0.5, 0.6) is 5.75 Å². The SMILES string of the molecule is Cc1cc(C(=O)NCCc2ccccc2OC(F)F)on1. The Labute approximate surface area is 119 Å². The molecule has 1 aromatic carbocycles. The first-order valence-corrected chi connectivity index (χ1v) is 6.30. The van der Waals surface area contributed by atoms with Gasteiger partial charge in [0.05, 0.1) is 5.69 Å². The van der Waals surface area contributed by atoms with Crippen molar-refractivity contribution in [1.29, 1.82) is 0 Å². The Hall–Kier alpha value is -2.44. The van der Waals surface area contributed by atoms with Crippen LogP contribution in [0.4, 0.5) is 8.78 Å². The molecule has 0 saturated carbocycles. The van der Waals surface area contributed by atoms with Crippen LogP contribution in [0.25, 0.3) is 0 Å².